The van der Waals surface area contributed by atoms with Crippen LogP contribution in [-0.4, -0.2) is 24.2 Å². The summed E-state index contributed by atoms with van der Waals surface area (Å²) in [4.78, 5) is 4.65. The summed E-state index contributed by atoms with van der Waals surface area (Å²) in [5.41, 5.74) is 1.13. The summed E-state index contributed by atoms with van der Waals surface area (Å²) in [5, 5.41) is 7.79. The van der Waals surface area contributed by atoms with E-state index in [1.54, 1.807) is 22.7 Å². The van der Waals surface area contributed by atoms with Crippen LogP contribution < -0.4 is 10.1 Å². The molecular formula is C14H14N2OS2. The number of rotatable bonds is 2. The number of ether oxygens (including phenoxy) is 1. The Kier molecular flexibility index (Phi) is 2.72. The van der Waals surface area contributed by atoms with Crippen molar-refractivity contribution in [2.45, 2.75) is 19.4 Å². The Bertz CT molecular complexity index is 740. The van der Waals surface area contributed by atoms with Crippen molar-refractivity contribution in [1.82, 2.24) is 10.3 Å². The lowest BCUT2D eigenvalue weighted by Crippen LogP contribution is -2.19. The van der Waals surface area contributed by atoms with E-state index in [4.69, 9.17) is 4.74 Å². The first-order chi connectivity index (χ1) is 9.31. The van der Waals surface area contributed by atoms with Crippen LogP contribution in [0.5, 0.6) is 5.75 Å². The van der Waals surface area contributed by atoms with Gasteiger partial charge in [-0.05, 0) is 31.3 Å². The molecule has 0 aliphatic carbocycles. The minimum absolute atomic E-state index is 0.301. The fourth-order valence-corrected chi connectivity index (χ4v) is 4.43. The third-order valence-corrected chi connectivity index (χ3v) is 5.32. The van der Waals surface area contributed by atoms with E-state index in [0.717, 1.165) is 35.8 Å². The first-order valence-corrected chi connectivity index (χ1v) is 8.15. The lowest BCUT2D eigenvalue weighted by molar-refractivity contribution is 0.226. The van der Waals surface area contributed by atoms with Gasteiger partial charge in [-0.15, -0.1) is 22.7 Å². The van der Waals surface area contributed by atoms with Crippen molar-refractivity contribution in [1.29, 1.82) is 0 Å². The molecule has 1 atom stereocenters. The van der Waals surface area contributed by atoms with Crippen LogP contribution in [-0.2, 0) is 0 Å². The van der Waals surface area contributed by atoms with E-state index in [2.05, 4.69) is 34.7 Å². The molecule has 0 amide bonds. The Balaban J connectivity index is 1.88. The molecule has 0 spiro atoms. The Morgan fingerprint density at radius 3 is 3.26 bits per heavy atom. The lowest BCUT2D eigenvalue weighted by atomic mass is 10.2. The quantitative estimate of drug-likeness (QED) is 0.783. The van der Waals surface area contributed by atoms with Gasteiger partial charge < -0.3 is 10.1 Å². The summed E-state index contributed by atoms with van der Waals surface area (Å²) in [7, 11) is 0. The van der Waals surface area contributed by atoms with Gasteiger partial charge in [-0.3, -0.25) is 0 Å². The SMILES string of the molecule is Cc1nc2c(cc(OC3CCNC3)c3ccsc32)s1. The highest BCUT2D eigenvalue weighted by Crippen LogP contribution is 2.39. The van der Waals surface area contributed by atoms with Crippen molar-refractivity contribution >= 4 is 43.0 Å². The van der Waals surface area contributed by atoms with Crippen LogP contribution in [0.1, 0.15) is 11.4 Å². The number of hydrogen-bond donors (Lipinski definition) is 1. The zero-order valence-corrected chi connectivity index (χ0v) is 12.2. The van der Waals surface area contributed by atoms with Gasteiger partial charge in [-0.1, -0.05) is 0 Å². The summed E-state index contributed by atoms with van der Waals surface area (Å²) >= 11 is 3.49. The molecule has 1 aliphatic rings. The molecule has 2 aromatic heterocycles. The molecule has 1 aromatic carbocycles. The highest BCUT2D eigenvalue weighted by molar-refractivity contribution is 7.21. The molecule has 3 heterocycles. The van der Waals surface area contributed by atoms with Crippen LogP contribution in [0.15, 0.2) is 17.5 Å². The number of aromatic nitrogens is 1. The number of hydrogen-bond acceptors (Lipinski definition) is 5. The summed E-state index contributed by atoms with van der Waals surface area (Å²) in [6.45, 7) is 4.07. The molecule has 1 saturated heterocycles. The Labute approximate surface area is 119 Å². The van der Waals surface area contributed by atoms with Crippen LogP contribution in [0.4, 0.5) is 0 Å². The molecule has 1 aliphatic heterocycles. The monoisotopic (exact) mass is 290 g/mol. The standard InChI is InChI=1S/C14H14N2OS2/c1-8-16-13-12(19-8)6-11(10-3-5-18-14(10)13)17-9-2-4-15-7-9/h3,5-6,9,15H,2,4,7H2,1H3. The number of fused-ring (bicyclic) bond motifs is 3. The van der Waals surface area contributed by atoms with Crippen molar-refractivity contribution in [2.75, 3.05) is 13.1 Å². The number of thiophene rings is 1. The van der Waals surface area contributed by atoms with Crippen LogP contribution in [0.25, 0.3) is 20.3 Å². The average Bonchev–Trinajstić information content (AvgIpc) is 3.07. The van der Waals surface area contributed by atoms with E-state index in [1.807, 2.05) is 0 Å². The van der Waals surface area contributed by atoms with E-state index in [1.165, 1.54) is 14.8 Å². The van der Waals surface area contributed by atoms with Gasteiger partial charge in [0.05, 0.1) is 19.9 Å². The fourth-order valence-electron chi connectivity index (χ4n) is 2.59. The first kappa shape index (κ1) is 11.6. The molecule has 1 unspecified atom stereocenters. The van der Waals surface area contributed by atoms with Gasteiger partial charge in [0.1, 0.15) is 11.9 Å². The molecular weight excluding hydrogens is 276 g/mol. The van der Waals surface area contributed by atoms with Crippen LogP contribution in [0.3, 0.4) is 0 Å². The van der Waals surface area contributed by atoms with Crippen molar-refractivity contribution < 1.29 is 4.74 Å². The maximum Gasteiger partial charge on any atom is 0.130 e. The van der Waals surface area contributed by atoms with Crippen molar-refractivity contribution in [3.05, 3.63) is 22.5 Å². The number of nitrogens with zero attached hydrogens (tertiary/aromatic N) is 1. The normalized spacial score (nSPS) is 19.5. The van der Waals surface area contributed by atoms with Gasteiger partial charge in [0.15, 0.2) is 0 Å². The lowest BCUT2D eigenvalue weighted by Gasteiger charge is -2.13. The third-order valence-electron chi connectivity index (χ3n) is 3.48. The number of aryl methyl sites for hydroxylation is 1. The molecule has 98 valence electrons. The second kappa shape index (κ2) is 4.44. The van der Waals surface area contributed by atoms with Crippen LogP contribution in [0.2, 0.25) is 0 Å². The van der Waals surface area contributed by atoms with Crippen LogP contribution >= 0.6 is 22.7 Å². The van der Waals surface area contributed by atoms with E-state index in [9.17, 15) is 0 Å². The topological polar surface area (TPSA) is 34.1 Å². The summed E-state index contributed by atoms with van der Waals surface area (Å²) < 4.78 is 8.67. The second-order valence-electron chi connectivity index (χ2n) is 4.85. The predicted octanol–water partition coefficient (Wildman–Crippen LogP) is 3.56. The smallest absolute Gasteiger partial charge is 0.130 e. The van der Waals surface area contributed by atoms with Gasteiger partial charge in [0, 0.05) is 18.0 Å². The van der Waals surface area contributed by atoms with E-state index in [-0.39, 0.29) is 0 Å². The van der Waals surface area contributed by atoms with E-state index in [0.29, 0.717) is 6.10 Å². The summed E-state index contributed by atoms with van der Waals surface area (Å²) in [6.07, 6.45) is 1.39. The second-order valence-corrected chi connectivity index (χ2v) is 7.00. The Morgan fingerprint density at radius 2 is 2.42 bits per heavy atom. The molecule has 19 heavy (non-hydrogen) atoms. The maximum absolute atomic E-state index is 6.19. The van der Waals surface area contributed by atoms with Crippen molar-refractivity contribution in [3.8, 4) is 5.75 Å². The molecule has 5 heteroatoms. The first-order valence-electron chi connectivity index (χ1n) is 6.46. The molecule has 0 bridgehead atoms. The zero-order chi connectivity index (χ0) is 12.8. The molecule has 1 fully saturated rings. The number of nitrogens with one attached hydrogen (secondary N) is 1. The number of benzene rings is 1. The van der Waals surface area contributed by atoms with E-state index < -0.39 is 0 Å². The molecule has 3 nitrogen and oxygen atoms in total. The zero-order valence-electron chi connectivity index (χ0n) is 10.6. The largest absolute Gasteiger partial charge is 0.488 e. The minimum atomic E-state index is 0.301. The van der Waals surface area contributed by atoms with Gasteiger partial charge in [-0.25, -0.2) is 4.98 Å². The fraction of sp³-hybridized carbons (Fsp3) is 0.357. The minimum Gasteiger partial charge on any atom is -0.488 e. The molecule has 1 N–H and O–H groups in total. The third kappa shape index (κ3) is 1.93. The Hall–Kier alpha value is -1.17. The van der Waals surface area contributed by atoms with E-state index >= 15 is 0 Å². The van der Waals surface area contributed by atoms with Crippen LogP contribution in [0, 0.1) is 6.92 Å². The van der Waals surface area contributed by atoms with Crippen molar-refractivity contribution in [2.24, 2.45) is 0 Å². The van der Waals surface area contributed by atoms with Gasteiger partial charge >= 0.3 is 0 Å². The highest BCUT2D eigenvalue weighted by Gasteiger charge is 2.19. The summed E-state index contributed by atoms with van der Waals surface area (Å²) in [6, 6.07) is 4.30. The molecule has 0 radical (unpaired) electrons. The van der Waals surface area contributed by atoms with Crippen molar-refractivity contribution in [3.63, 3.8) is 0 Å². The van der Waals surface area contributed by atoms with Gasteiger partial charge in [-0.2, -0.15) is 0 Å². The highest BCUT2D eigenvalue weighted by atomic mass is 32.1. The van der Waals surface area contributed by atoms with Gasteiger partial charge in [0.2, 0.25) is 0 Å². The number of thiazole rings is 1. The average molecular weight is 290 g/mol. The maximum atomic E-state index is 6.19. The molecule has 4 rings (SSSR count). The Morgan fingerprint density at radius 1 is 1.47 bits per heavy atom. The molecule has 0 saturated carbocycles. The predicted molar refractivity (Wildman–Crippen MR) is 81.6 cm³/mol. The summed E-state index contributed by atoms with van der Waals surface area (Å²) in [5.74, 6) is 1.01. The molecule has 3 aromatic rings. The van der Waals surface area contributed by atoms with Gasteiger partial charge in [0.25, 0.3) is 0 Å².